The van der Waals surface area contributed by atoms with Crippen LogP contribution in [0.15, 0.2) is 35.1 Å². The summed E-state index contributed by atoms with van der Waals surface area (Å²) in [4.78, 5) is 17.5. The molecule has 3 heterocycles. The van der Waals surface area contributed by atoms with Crippen LogP contribution < -0.4 is 10.3 Å². The zero-order valence-electron chi connectivity index (χ0n) is 15.3. The molecule has 0 radical (unpaired) electrons. The number of rotatable bonds is 5. The molecule has 2 aromatic heterocycles. The smallest absolute Gasteiger partial charge is 0.259 e. The minimum absolute atomic E-state index is 0.0920. The third kappa shape index (κ3) is 3.24. The van der Waals surface area contributed by atoms with Gasteiger partial charge in [-0.2, -0.15) is 5.10 Å². The van der Waals surface area contributed by atoms with Crippen LogP contribution in [0.5, 0.6) is 5.75 Å². The van der Waals surface area contributed by atoms with Gasteiger partial charge in [0.1, 0.15) is 12.4 Å². The summed E-state index contributed by atoms with van der Waals surface area (Å²) in [5, 5.41) is 5.20. The monoisotopic (exact) mass is 352 g/mol. The highest BCUT2D eigenvalue weighted by Crippen LogP contribution is 2.21. The predicted octanol–water partition coefficient (Wildman–Crippen LogP) is 2.81. The van der Waals surface area contributed by atoms with Crippen molar-refractivity contribution in [1.29, 1.82) is 0 Å². The summed E-state index contributed by atoms with van der Waals surface area (Å²) in [5.74, 6) is 0.857. The van der Waals surface area contributed by atoms with E-state index < -0.39 is 0 Å². The zero-order chi connectivity index (χ0) is 18.1. The van der Waals surface area contributed by atoms with Crippen molar-refractivity contribution < 1.29 is 4.74 Å². The van der Waals surface area contributed by atoms with E-state index in [2.05, 4.69) is 15.0 Å². The number of fused-ring (bicyclic) bond motifs is 1. The van der Waals surface area contributed by atoms with Crippen LogP contribution in [0.4, 0.5) is 0 Å². The maximum Gasteiger partial charge on any atom is 0.259 e. The second-order valence-corrected chi connectivity index (χ2v) is 6.93. The van der Waals surface area contributed by atoms with Crippen molar-refractivity contribution in [3.05, 3.63) is 52.1 Å². The predicted molar refractivity (Wildman–Crippen MR) is 102 cm³/mol. The van der Waals surface area contributed by atoms with Gasteiger partial charge in [-0.3, -0.25) is 9.69 Å². The lowest BCUT2D eigenvalue weighted by atomic mass is 10.2. The molecule has 0 aliphatic carbocycles. The topological polar surface area (TPSA) is 63.1 Å². The molecule has 4 rings (SSSR count). The Hall–Kier alpha value is -2.60. The number of nitrogens with one attached hydrogen (secondary N) is 1. The highest BCUT2D eigenvalue weighted by atomic mass is 16.5. The third-order valence-electron chi connectivity index (χ3n) is 4.94. The van der Waals surface area contributed by atoms with Crippen molar-refractivity contribution in [3.63, 3.8) is 0 Å². The molecular formula is C20H24N4O2. The normalized spacial score (nSPS) is 15.0. The number of hydrogen-bond acceptors (Lipinski definition) is 4. The summed E-state index contributed by atoms with van der Waals surface area (Å²) in [6.45, 7) is 7.80. The Morgan fingerprint density at radius 2 is 1.88 bits per heavy atom. The fourth-order valence-electron chi connectivity index (χ4n) is 3.62. The second kappa shape index (κ2) is 6.96. The van der Waals surface area contributed by atoms with Crippen LogP contribution in [-0.4, -0.2) is 45.9 Å². The average molecular weight is 352 g/mol. The number of likely N-dealkylation sites (tertiary alicyclic amines) is 1. The molecule has 0 atom stereocenters. The van der Waals surface area contributed by atoms with Gasteiger partial charge in [0.25, 0.3) is 5.56 Å². The summed E-state index contributed by atoms with van der Waals surface area (Å²) < 4.78 is 7.68. The lowest BCUT2D eigenvalue weighted by Gasteiger charge is -2.15. The summed E-state index contributed by atoms with van der Waals surface area (Å²) in [6, 6.07) is 9.84. The Morgan fingerprint density at radius 1 is 1.15 bits per heavy atom. The van der Waals surface area contributed by atoms with Crippen LogP contribution in [0.25, 0.3) is 16.6 Å². The van der Waals surface area contributed by atoms with Crippen LogP contribution in [-0.2, 0) is 0 Å². The minimum Gasteiger partial charge on any atom is -0.492 e. The molecule has 1 N–H and O–H groups in total. The first-order valence-electron chi connectivity index (χ1n) is 9.17. The number of aromatic nitrogens is 3. The van der Waals surface area contributed by atoms with E-state index in [0.717, 1.165) is 34.9 Å². The van der Waals surface area contributed by atoms with E-state index in [4.69, 9.17) is 4.74 Å². The summed E-state index contributed by atoms with van der Waals surface area (Å²) >= 11 is 0. The first kappa shape index (κ1) is 16.8. The molecule has 3 aromatic rings. The molecule has 1 saturated heterocycles. The molecule has 136 valence electrons. The number of H-pyrrole nitrogens is 1. The van der Waals surface area contributed by atoms with E-state index in [1.54, 1.807) is 0 Å². The van der Waals surface area contributed by atoms with Crippen molar-refractivity contribution in [2.24, 2.45) is 0 Å². The molecule has 0 unspecified atom stereocenters. The number of hydrogen-bond donors (Lipinski definition) is 1. The minimum atomic E-state index is -0.0920. The molecule has 6 heteroatoms. The van der Waals surface area contributed by atoms with Crippen molar-refractivity contribution in [2.75, 3.05) is 26.2 Å². The molecule has 1 aromatic carbocycles. The van der Waals surface area contributed by atoms with E-state index in [1.807, 2.05) is 48.9 Å². The van der Waals surface area contributed by atoms with Crippen LogP contribution in [0.1, 0.15) is 24.2 Å². The quantitative estimate of drug-likeness (QED) is 0.767. The van der Waals surface area contributed by atoms with E-state index >= 15 is 0 Å². The number of aryl methyl sites for hydroxylation is 2. The van der Waals surface area contributed by atoms with Crippen molar-refractivity contribution in [1.82, 2.24) is 19.7 Å². The second-order valence-electron chi connectivity index (χ2n) is 6.93. The number of benzene rings is 1. The maximum atomic E-state index is 12.2. The molecule has 6 nitrogen and oxygen atoms in total. The summed E-state index contributed by atoms with van der Waals surface area (Å²) in [6.07, 6.45) is 2.60. The van der Waals surface area contributed by atoms with Gasteiger partial charge in [0.15, 0.2) is 0 Å². The van der Waals surface area contributed by atoms with Crippen LogP contribution in [0.3, 0.4) is 0 Å². The largest absolute Gasteiger partial charge is 0.492 e. The lowest BCUT2D eigenvalue weighted by Crippen LogP contribution is -2.25. The average Bonchev–Trinajstić information content (AvgIpc) is 3.24. The molecule has 26 heavy (non-hydrogen) atoms. The van der Waals surface area contributed by atoms with E-state index in [-0.39, 0.29) is 5.56 Å². The Kier molecular flexibility index (Phi) is 4.51. The fraction of sp³-hybridized carbons (Fsp3) is 0.400. The molecule has 1 aliphatic heterocycles. The van der Waals surface area contributed by atoms with Gasteiger partial charge >= 0.3 is 0 Å². The van der Waals surface area contributed by atoms with E-state index in [9.17, 15) is 4.79 Å². The van der Waals surface area contributed by atoms with E-state index in [0.29, 0.717) is 12.0 Å². The number of ether oxygens (including phenoxy) is 1. The first-order valence-corrected chi connectivity index (χ1v) is 9.17. The Labute approximate surface area is 152 Å². The fourth-order valence-corrected chi connectivity index (χ4v) is 3.62. The number of aromatic amines is 1. The van der Waals surface area contributed by atoms with Crippen LogP contribution >= 0.6 is 0 Å². The van der Waals surface area contributed by atoms with Crippen molar-refractivity contribution >= 4 is 10.9 Å². The highest BCUT2D eigenvalue weighted by Gasteiger charge is 2.13. The zero-order valence-corrected chi connectivity index (χ0v) is 15.3. The van der Waals surface area contributed by atoms with Crippen molar-refractivity contribution in [3.8, 4) is 11.4 Å². The molecule has 0 spiro atoms. The van der Waals surface area contributed by atoms with Gasteiger partial charge in [-0.05, 0) is 70.1 Å². The highest BCUT2D eigenvalue weighted by molar-refractivity contribution is 5.82. The Bertz CT molecular complexity index is 966. The molecule has 0 amide bonds. The van der Waals surface area contributed by atoms with Crippen molar-refractivity contribution in [2.45, 2.75) is 26.7 Å². The lowest BCUT2D eigenvalue weighted by molar-refractivity contribution is 0.238. The maximum absolute atomic E-state index is 12.2. The SMILES string of the molecule is Cc1cc2c(c(C)nn2-c2ccc(OCCN3CCCC3)cc2)c(=O)[nH]1. The molecule has 0 saturated carbocycles. The standard InChI is InChI=1S/C20H24N4O2/c1-14-13-18-19(20(25)21-14)15(2)22-24(18)16-5-7-17(8-6-16)26-12-11-23-9-3-4-10-23/h5-8,13H,3-4,9-12H2,1-2H3,(H,21,25). The van der Waals surface area contributed by atoms with Gasteiger partial charge in [-0.1, -0.05) is 0 Å². The van der Waals surface area contributed by atoms with Gasteiger partial charge in [0.2, 0.25) is 0 Å². The number of pyridine rings is 1. The number of nitrogens with zero attached hydrogens (tertiary/aromatic N) is 3. The van der Waals surface area contributed by atoms with Gasteiger partial charge in [-0.15, -0.1) is 0 Å². The van der Waals surface area contributed by atoms with Gasteiger partial charge in [0, 0.05) is 12.2 Å². The van der Waals surface area contributed by atoms with Crippen LogP contribution in [0, 0.1) is 13.8 Å². The van der Waals surface area contributed by atoms with Crippen LogP contribution in [0.2, 0.25) is 0 Å². The summed E-state index contributed by atoms with van der Waals surface area (Å²) in [5.41, 5.74) is 3.20. The molecule has 0 bridgehead atoms. The summed E-state index contributed by atoms with van der Waals surface area (Å²) in [7, 11) is 0. The Balaban J connectivity index is 1.53. The van der Waals surface area contributed by atoms with Gasteiger partial charge < -0.3 is 9.72 Å². The van der Waals surface area contributed by atoms with Gasteiger partial charge in [0.05, 0.1) is 22.3 Å². The molecule has 1 fully saturated rings. The van der Waals surface area contributed by atoms with E-state index in [1.165, 1.54) is 25.9 Å². The Morgan fingerprint density at radius 3 is 2.62 bits per heavy atom. The first-order chi connectivity index (χ1) is 12.6. The third-order valence-corrected chi connectivity index (χ3v) is 4.94. The van der Waals surface area contributed by atoms with Gasteiger partial charge in [-0.25, -0.2) is 4.68 Å². The molecule has 1 aliphatic rings. The molecular weight excluding hydrogens is 328 g/mol.